The lowest BCUT2D eigenvalue weighted by molar-refractivity contribution is 0.0000214. The fourth-order valence-electron chi connectivity index (χ4n) is 5.23. The van der Waals surface area contributed by atoms with E-state index in [0.717, 1.165) is 30.1 Å². The van der Waals surface area contributed by atoms with Crippen molar-refractivity contribution in [2.75, 3.05) is 0 Å². The number of fused-ring (bicyclic) bond motifs is 2. The maximum absolute atomic E-state index is 10.3. The van der Waals surface area contributed by atoms with E-state index in [1.807, 2.05) is 0 Å². The third-order valence-electron chi connectivity index (χ3n) is 6.01. The highest BCUT2D eigenvalue weighted by atomic mass is 16.3. The van der Waals surface area contributed by atoms with E-state index in [1.54, 1.807) is 0 Å². The molecule has 3 rings (SSSR count). The SMILES string of the molecule is CCCC1CCC(O)C(C2CC3CCC2C3)C1. The highest BCUT2D eigenvalue weighted by Gasteiger charge is 2.46. The van der Waals surface area contributed by atoms with Crippen LogP contribution in [0.1, 0.15) is 64.7 Å². The van der Waals surface area contributed by atoms with E-state index in [9.17, 15) is 5.11 Å². The summed E-state index contributed by atoms with van der Waals surface area (Å²) in [5.74, 6) is 4.50. The zero-order chi connectivity index (χ0) is 11.8. The van der Waals surface area contributed by atoms with Crippen LogP contribution in [0.25, 0.3) is 0 Å². The summed E-state index contributed by atoms with van der Waals surface area (Å²) in [6.45, 7) is 2.30. The van der Waals surface area contributed by atoms with Crippen LogP contribution < -0.4 is 0 Å². The number of aliphatic hydroxyl groups is 1. The molecule has 1 N–H and O–H groups in total. The van der Waals surface area contributed by atoms with E-state index in [1.165, 1.54) is 51.4 Å². The Morgan fingerprint density at radius 1 is 0.941 bits per heavy atom. The Hall–Kier alpha value is -0.0400. The minimum absolute atomic E-state index is 0.0347. The lowest BCUT2D eigenvalue weighted by Crippen LogP contribution is -2.36. The van der Waals surface area contributed by atoms with Crippen molar-refractivity contribution < 1.29 is 5.11 Å². The molecule has 0 aliphatic heterocycles. The standard InChI is InChI=1S/C16H28O/c1-2-3-11-5-7-16(17)15(9-11)14-10-12-4-6-13(14)8-12/h11-17H,2-10H2,1H3. The summed E-state index contributed by atoms with van der Waals surface area (Å²) in [6.07, 6.45) is 12.4. The third kappa shape index (κ3) is 2.28. The van der Waals surface area contributed by atoms with Gasteiger partial charge in [0.05, 0.1) is 6.10 Å². The summed E-state index contributed by atoms with van der Waals surface area (Å²) in [5, 5.41) is 10.3. The molecule has 3 fully saturated rings. The van der Waals surface area contributed by atoms with Gasteiger partial charge in [0.25, 0.3) is 0 Å². The number of hydrogen-bond acceptors (Lipinski definition) is 1. The molecule has 1 nitrogen and oxygen atoms in total. The van der Waals surface area contributed by atoms with Gasteiger partial charge in [0, 0.05) is 0 Å². The fourth-order valence-corrected chi connectivity index (χ4v) is 5.23. The van der Waals surface area contributed by atoms with E-state index in [4.69, 9.17) is 0 Å². The van der Waals surface area contributed by atoms with Crippen LogP contribution in [0.5, 0.6) is 0 Å². The Morgan fingerprint density at radius 3 is 2.47 bits per heavy atom. The first-order valence-electron chi connectivity index (χ1n) is 7.96. The zero-order valence-corrected chi connectivity index (χ0v) is 11.3. The number of aliphatic hydroxyl groups excluding tert-OH is 1. The van der Waals surface area contributed by atoms with Crippen LogP contribution >= 0.6 is 0 Å². The van der Waals surface area contributed by atoms with Gasteiger partial charge >= 0.3 is 0 Å². The molecule has 0 radical (unpaired) electrons. The molecular weight excluding hydrogens is 208 g/mol. The molecule has 2 bridgehead atoms. The Morgan fingerprint density at radius 2 is 1.82 bits per heavy atom. The summed E-state index contributed by atoms with van der Waals surface area (Å²) in [6, 6.07) is 0. The second kappa shape index (κ2) is 4.91. The smallest absolute Gasteiger partial charge is 0.0571 e. The van der Waals surface area contributed by atoms with E-state index in [0.29, 0.717) is 5.92 Å². The molecule has 17 heavy (non-hydrogen) atoms. The molecule has 0 heterocycles. The maximum atomic E-state index is 10.3. The predicted molar refractivity (Wildman–Crippen MR) is 70.7 cm³/mol. The molecule has 0 spiro atoms. The van der Waals surface area contributed by atoms with Crippen LogP contribution in [0.15, 0.2) is 0 Å². The molecule has 98 valence electrons. The van der Waals surface area contributed by atoms with Crippen LogP contribution in [0, 0.1) is 29.6 Å². The van der Waals surface area contributed by atoms with Gasteiger partial charge in [-0.25, -0.2) is 0 Å². The Labute approximate surface area is 106 Å². The van der Waals surface area contributed by atoms with E-state index in [-0.39, 0.29) is 6.10 Å². The van der Waals surface area contributed by atoms with Crippen molar-refractivity contribution in [3.05, 3.63) is 0 Å². The lowest BCUT2D eigenvalue weighted by Gasteiger charge is -2.40. The summed E-state index contributed by atoms with van der Waals surface area (Å²) < 4.78 is 0. The van der Waals surface area contributed by atoms with Crippen LogP contribution in [0.4, 0.5) is 0 Å². The molecule has 0 amide bonds. The third-order valence-corrected chi connectivity index (χ3v) is 6.01. The van der Waals surface area contributed by atoms with Gasteiger partial charge < -0.3 is 5.11 Å². The van der Waals surface area contributed by atoms with Crippen LogP contribution in [-0.2, 0) is 0 Å². The first kappa shape index (κ1) is 12.0. The van der Waals surface area contributed by atoms with Gasteiger partial charge in [-0.3, -0.25) is 0 Å². The predicted octanol–water partition coefficient (Wildman–Crippen LogP) is 4.00. The van der Waals surface area contributed by atoms with Crippen molar-refractivity contribution in [3.8, 4) is 0 Å². The molecule has 1 heteroatoms. The van der Waals surface area contributed by atoms with Crippen molar-refractivity contribution in [1.29, 1.82) is 0 Å². The monoisotopic (exact) mass is 236 g/mol. The van der Waals surface area contributed by atoms with Gasteiger partial charge in [-0.1, -0.05) is 26.2 Å². The topological polar surface area (TPSA) is 20.2 Å². The Balaban J connectivity index is 1.64. The second-order valence-corrected chi connectivity index (χ2v) is 7.04. The minimum atomic E-state index is 0.0347. The van der Waals surface area contributed by atoms with Gasteiger partial charge in [-0.05, 0) is 68.1 Å². The zero-order valence-electron chi connectivity index (χ0n) is 11.3. The molecule has 3 aliphatic rings. The quantitative estimate of drug-likeness (QED) is 0.785. The fraction of sp³-hybridized carbons (Fsp3) is 1.00. The minimum Gasteiger partial charge on any atom is -0.393 e. The van der Waals surface area contributed by atoms with Gasteiger partial charge in [0.2, 0.25) is 0 Å². The van der Waals surface area contributed by atoms with E-state index < -0.39 is 0 Å². The molecule has 3 aliphatic carbocycles. The average molecular weight is 236 g/mol. The summed E-state index contributed by atoms with van der Waals surface area (Å²) in [7, 11) is 0. The molecule has 3 saturated carbocycles. The molecule has 0 saturated heterocycles. The van der Waals surface area contributed by atoms with Gasteiger partial charge in [-0.2, -0.15) is 0 Å². The van der Waals surface area contributed by atoms with Crippen molar-refractivity contribution in [2.45, 2.75) is 70.8 Å². The highest BCUT2D eigenvalue weighted by molar-refractivity contribution is 4.96. The normalized spacial score (nSPS) is 49.8. The Kier molecular flexibility index (Phi) is 3.47. The van der Waals surface area contributed by atoms with Gasteiger partial charge in [0.1, 0.15) is 0 Å². The van der Waals surface area contributed by atoms with Crippen molar-refractivity contribution in [2.24, 2.45) is 29.6 Å². The first-order chi connectivity index (χ1) is 8.28. The van der Waals surface area contributed by atoms with Crippen molar-refractivity contribution in [3.63, 3.8) is 0 Å². The van der Waals surface area contributed by atoms with Crippen LogP contribution in [0.2, 0.25) is 0 Å². The van der Waals surface area contributed by atoms with E-state index >= 15 is 0 Å². The Bertz CT molecular complexity index is 262. The van der Waals surface area contributed by atoms with Gasteiger partial charge in [0.15, 0.2) is 0 Å². The average Bonchev–Trinajstić information content (AvgIpc) is 2.94. The summed E-state index contributed by atoms with van der Waals surface area (Å²) in [5.41, 5.74) is 0. The first-order valence-corrected chi connectivity index (χ1v) is 7.96. The molecule has 0 aromatic heterocycles. The van der Waals surface area contributed by atoms with Crippen molar-refractivity contribution in [1.82, 2.24) is 0 Å². The molecule has 6 unspecified atom stereocenters. The summed E-state index contributed by atoms with van der Waals surface area (Å²) in [4.78, 5) is 0. The number of hydrogen-bond donors (Lipinski definition) is 1. The largest absolute Gasteiger partial charge is 0.393 e. The maximum Gasteiger partial charge on any atom is 0.0571 e. The van der Waals surface area contributed by atoms with E-state index in [2.05, 4.69) is 6.92 Å². The van der Waals surface area contributed by atoms with Crippen LogP contribution in [0.3, 0.4) is 0 Å². The molecule has 6 atom stereocenters. The summed E-state index contributed by atoms with van der Waals surface area (Å²) >= 11 is 0. The highest BCUT2D eigenvalue weighted by Crippen LogP contribution is 2.54. The molecule has 0 aromatic carbocycles. The lowest BCUT2D eigenvalue weighted by atomic mass is 9.68. The number of rotatable bonds is 3. The second-order valence-electron chi connectivity index (χ2n) is 7.04. The van der Waals surface area contributed by atoms with Crippen molar-refractivity contribution >= 4 is 0 Å². The molecular formula is C16H28O. The van der Waals surface area contributed by atoms with Crippen LogP contribution in [-0.4, -0.2) is 11.2 Å². The molecule has 0 aromatic rings. The van der Waals surface area contributed by atoms with Gasteiger partial charge in [-0.15, -0.1) is 0 Å².